The molecule has 0 bridgehead atoms. The van der Waals surface area contributed by atoms with Crippen LogP contribution in [0, 0.1) is 11.3 Å². The SMILES string of the molecule is CCOc1ccc(C(=C(C#N)CCC(=O)O)c2ccc(OC)cc2)cc1. The van der Waals surface area contributed by atoms with E-state index in [2.05, 4.69) is 6.07 Å². The number of allylic oxidation sites excluding steroid dienone is 1. The van der Waals surface area contributed by atoms with E-state index in [4.69, 9.17) is 14.6 Å². The number of rotatable bonds is 8. The lowest BCUT2D eigenvalue weighted by atomic mass is 9.91. The minimum Gasteiger partial charge on any atom is -0.497 e. The number of benzene rings is 2. The Kier molecular flexibility index (Phi) is 6.81. The van der Waals surface area contributed by atoms with E-state index in [-0.39, 0.29) is 12.8 Å². The van der Waals surface area contributed by atoms with Gasteiger partial charge in [-0.15, -0.1) is 0 Å². The van der Waals surface area contributed by atoms with Gasteiger partial charge in [-0.3, -0.25) is 4.79 Å². The number of aliphatic carboxylic acids is 1. The van der Waals surface area contributed by atoms with Crippen LogP contribution in [0.5, 0.6) is 11.5 Å². The van der Waals surface area contributed by atoms with Gasteiger partial charge < -0.3 is 14.6 Å². The normalized spacial score (nSPS) is 11.3. The first-order valence-electron chi connectivity index (χ1n) is 8.31. The molecule has 0 atom stereocenters. The molecule has 0 radical (unpaired) electrons. The molecule has 2 aromatic carbocycles. The number of ether oxygens (including phenoxy) is 2. The summed E-state index contributed by atoms with van der Waals surface area (Å²) in [6.45, 7) is 2.48. The molecule has 134 valence electrons. The van der Waals surface area contributed by atoms with Crippen molar-refractivity contribution in [3.8, 4) is 17.6 Å². The number of carbonyl (C=O) groups is 1. The third-order valence-electron chi connectivity index (χ3n) is 3.86. The first-order chi connectivity index (χ1) is 12.6. The van der Waals surface area contributed by atoms with Crippen LogP contribution in [-0.4, -0.2) is 24.8 Å². The number of carboxylic acids is 1. The van der Waals surface area contributed by atoms with Gasteiger partial charge in [-0.1, -0.05) is 24.3 Å². The van der Waals surface area contributed by atoms with Crippen molar-refractivity contribution in [1.82, 2.24) is 0 Å². The molecule has 0 saturated carbocycles. The highest BCUT2D eigenvalue weighted by Gasteiger charge is 2.14. The van der Waals surface area contributed by atoms with Crippen LogP contribution in [0.25, 0.3) is 5.57 Å². The fraction of sp³-hybridized carbons (Fsp3) is 0.238. The molecule has 0 aliphatic rings. The highest BCUT2D eigenvalue weighted by atomic mass is 16.5. The van der Waals surface area contributed by atoms with E-state index in [0.717, 1.165) is 22.4 Å². The van der Waals surface area contributed by atoms with E-state index < -0.39 is 5.97 Å². The van der Waals surface area contributed by atoms with Gasteiger partial charge >= 0.3 is 5.97 Å². The van der Waals surface area contributed by atoms with Gasteiger partial charge in [0.1, 0.15) is 11.5 Å². The van der Waals surface area contributed by atoms with Gasteiger partial charge in [0.15, 0.2) is 0 Å². The minimum atomic E-state index is -0.932. The van der Waals surface area contributed by atoms with Crippen LogP contribution in [0.2, 0.25) is 0 Å². The maximum absolute atomic E-state index is 11.0. The predicted molar refractivity (Wildman–Crippen MR) is 99.1 cm³/mol. The molecule has 0 aliphatic heterocycles. The molecule has 0 spiro atoms. The molecule has 26 heavy (non-hydrogen) atoms. The van der Waals surface area contributed by atoms with Gasteiger partial charge in [-0.25, -0.2) is 0 Å². The molecule has 0 fully saturated rings. The van der Waals surface area contributed by atoms with Gasteiger partial charge in [0, 0.05) is 11.1 Å². The zero-order valence-corrected chi connectivity index (χ0v) is 14.9. The lowest BCUT2D eigenvalue weighted by Gasteiger charge is -2.13. The van der Waals surface area contributed by atoms with Crippen LogP contribution in [-0.2, 0) is 4.79 Å². The van der Waals surface area contributed by atoms with Crippen molar-refractivity contribution < 1.29 is 19.4 Å². The number of carboxylic acid groups (broad SMARTS) is 1. The Morgan fingerprint density at radius 2 is 1.54 bits per heavy atom. The Labute approximate surface area is 153 Å². The zero-order valence-electron chi connectivity index (χ0n) is 14.9. The summed E-state index contributed by atoms with van der Waals surface area (Å²) in [6.07, 6.45) is 0.0694. The molecule has 0 aromatic heterocycles. The quantitative estimate of drug-likeness (QED) is 0.718. The van der Waals surface area contributed by atoms with Crippen LogP contribution in [0.4, 0.5) is 0 Å². The van der Waals surface area contributed by atoms with Crippen LogP contribution < -0.4 is 9.47 Å². The molecular formula is C21H21NO4. The van der Waals surface area contributed by atoms with E-state index in [9.17, 15) is 10.1 Å². The third-order valence-corrected chi connectivity index (χ3v) is 3.86. The summed E-state index contributed by atoms with van der Waals surface area (Å²) in [5.74, 6) is 0.525. The molecule has 5 nitrogen and oxygen atoms in total. The monoisotopic (exact) mass is 351 g/mol. The van der Waals surface area contributed by atoms with Crippen molar-refractivity contribution in [1.29, 1.82) is 5.26 Å². The summed E-state index contributed by atoms with van der Waals surface area (Å²) in [5, 5.41) is 18.6. The number of nitriles is 1. The summed E-state index contributed by atoms with van der Waals surface area (Å²) in [7, 11) is 1.59. The van der Waals surface area contributed by atoms with E-state index in [1.807, 2.05) is 55.5 Å². The maximum Gasteiger partial charge on any atom is 0.303 e. The second-order valence-electron chi connectivity index (χ2n) is 5.54. The summed E-state index contributed by atoms with van der Waals surface area (Å²) in [4.78, 5) is 11.0. The Morgan fingerprint density at radius 3 is 1.96 bits per heavy atom. The van der Waals surface area contributed by atoms with Crippen molar-refractivity contribution in [3.05, 3.63) is 65.2 Å². The molecular weight excluding hydrogens is 330 g/mol. The van der Waals surface area contributed by atoms with Gasteiger partial charge in [0.2, 0.25) is 0 Å². The summed E-state index contributed by atoms with van der Waals surface area (Å²) < 4.78 is 10.7. The summed E-state index contributed by atoms with van der Waals surface area (Å²) in [5.41, 5.74) is 2.82. The maximum atomic E-state index is 11.0. The summed E-state index contributed by atoms with van der Waals surface area (Å²) >= 11 is 0. The minimum absolute atomic E-state index is 0.0976. The Hall–Kier alpha value is -3.26. The molecule has 2 aromatic rings. The lowest BCUT2D eigenvalue weighted by molar-refractivity contribution is -0.136. The fourth-order valence-electron chi connectivity index (χ4n) is 2.63. The second kappa shape index (κ2) is 9.28. The smallest absolute Gasteiger partial charge is 0.303 e. The highest BCUT2D eigenvalue weighted by molar-refractivity contribution is 5.85. The van der Waals surface area contributed by atoms with Crippen molar-refractivity contribution in [3.63, 3.8) is 0 Å². The number of hydrogen-bond donors (Lipinski definition) is 1. The molecule has 0 amide bonds. The van der Waals surface area contributed by atoms with E-state index in [1.165, 1.54) is 0 Å². The molecule has 5 heteroatoms. The van der Waals surface area contributed by atoms with Crippen molar-refractivity contribution in [2.24, 2.45) is 0 Å². The fourth-order valence-corrected chi connectivity index (χ4v) is 2.63. The topological polar surface area (TPSA) is 79.5 Å². The van der Waals surface area contributed by atoms with Crippen molar-refractivity contribution in [2.45, 2.75) is 19.8 Å². The zero-order chi connectivity index (χ0) is 18.9. The number of nitrogens with zero attached hydrogens (tertiary/aromatic N) is 1. The van der Waals surface area contributed by atoms with Crippen LogP contribution in [0.3, 0.4) is 0 Å². The van der Waals surface area contributed by atoms with Gasteiger partial charge in [-0.05, 0) is 48.7 Å². The Morgan fingerprint density at radius 1 is 1.00 bits per heavy atom. The van der Waals surface area contributed by atoms with Crippen LogP contribution in [0.15, 0.2) is 54.1 Å². The average molecular weight is 351 g/mol. The van der Waals surface area contributed by atoms with Crippen molar-refractivity contribution >= 4 is 11.5 Å². The molecule has 1 N–H and O–H groups in total. The molecule has 0 unspecified atom stereocenters. The van der Waals surface area contributed by atoms with Crippen molar-refractivity contribution in [2.75, 3.05) is 13.7 Å². The first kappa shape index (κ1) is 19.1. The predicted octanol–water partition coefficient (Wildman–Crippen LogP) is 4.28. The Bertz CT molecular complexity index is 815. The van der Waals surface area contributed by atoms with Gasteiger partial charge in [0.25, 0.3) is 0 Å². The number of hydrogen-bond acceptors (Lipinski definition) is 4. The molecule has 0 saturated heterocycles. The van der Waals surface area contributed by atoms with Gasteiger partial charge in [-0.2, -0.15) is 5.26 Å². The van der Waals surface area contributed by atoms with E-state index >= 15 is 0 Å². The lowest BCUT2D eigenvalue weighted by Crippen LogP contribution is -1.99. The van der Waals surface area contributed by atoms with Crippen LogP contribution in [0.1, 0.15) is 30.9 Å². The highest BCUT2D eigenvalue weighted by Crippen LogP contribution is 2.31. The summed E-state index contributed by atoms with van der Waals surface area (Å²) in [6, 6.07) is 17.0. The molecule has 0 aliphatic carbocycles. The van der Waals surface area contributed by atoms with Crippen LogP contribution >= 0.6 is 0 Å². The molecule has 0 heterocycles. The van der Waals surface area contributed by atoms with E-state index in [1.54, 1.807) is 7.11 Å². The first-order valence-corrected chi connectivity index (χ1v) is 8.31. The van der Waals surface area contributed by atoms with E-state index in [0.29, 0.717) is 17.9 Å². The largest absolute Gasteiger partial charge is 0.497 e. The van der Waals surface area contributed by atoms with Gasteiger partial charge in [0.05, 0.1) is 26.2 Å². The molecule has 2 rings (SSSR count). The second-order valence-corrected chi connectivity index (χ2v) is 5.54. The third kappa shape index (κ3) is 4.87. The number of methoxy groups -OCH3 is 1. The Balaban J connectivity index is 2.52. The standard InChI is InChI=1S/C21H21NO4/c1-3-26-19-11-6-16(7-12-19)21(17(14-22)8-13-20(23)24)15-4-9-18(25-2)10-5-15/h4-7,9-12H,3,8,13H2,1-2H3,(H,23,24). The average Bonchev–Trinajstić information content (AvgIpc) is 2.66.